The molecule has 110 valence electrons. The summed E-state index contributed by atoms with van der Waals surface area (Å²) in [5.74, 6) is 0.0559. The van der Waals surface area contributed by atoms with Crippen molar-refractivity contribution in [2.45, 2.75) is 37.0 Å². The highest BCUT2D eigenvalue weighted by Crippen LogP contribution is 2.27. The molecule has 20 heavy (non-hydrogen) atoms. The molecule has 1 saturated carbocycles. The minimum Gasteiger partial charge on any atom is -0.326 e. The van der Waals surface area contributed by atoms with Crippen LogP contribution in [0.1, 0.15) is 32.1 Å². The number of anilines is 1. The van der Waals surface area contributed by atoms with Gasteiger partial charge in [-0.2, -0.15) is 0 Å². The van der Waals surface area contributed by atoms with Crippen LogP contribution in [0.2, 0.25) is 0 Å². The quantitative estimate of drug-likeness (QED) is 0.867. The van der Waals surface area contributed by atoms with E-state index in [1.54, 1.807) is 12.1 Å². The van der Waals surface area contributed by atoms with Crippen LogP contribution in [-0.4, -0.2) is 14.3 Å². The van der Waals surface area contributed by atoms with Crippen LogP contribution in [0.3, 0.4) is 0 Å². The van der Waals surface area contributed by atoms with Gasteiger partial charge >= 0.3 is 0 Å². The Hall–Kier alpha value is -0.920. The van der Waals surface area contributed by atoms with E-state index in [1.807, 2.05) is 0 Å². The number of primary sulfonamides is 1. The third-order valence-corrected chi connectivity index (χ3v) is 5.37. The van der Waals surface area contributed by atoms with E-state index in [0.29, 0.717) is 10.2 Å². The van der Waals surface area contributed by atoms with Crippen LogP contribution in [0.4, 0.5) is 5.69 Å². The zero-order valence-electron chi connectivity index (χ0n) is 10.9. The van der Waals surface area contributed by atoms with Crippen LogP contribution < -0.4 is 10.5 Å². The van der Waals surface area contributed by atoms with Crippen molar-refractivity contribution in [3.63, 3.8) is 0 Å². The normalized spacial score (nSPS) is 16.9. The molecule has 1 aliphatic rings. The van der Waals surface area contributed by atoms with Gasteiger partial charge in [0.15, 0.2) is 0 Å². The fourth-order valence-corrected chi connectivity index (χ4v) is 4.06. The Kier molecular flexibility index (Phi) is 4.82. The number of nitrogens with one attached hydrogen (secondary N) is 1. The SMILES string of the molecule is NS(=O)(=O)c1ccc(NC(=O)C2CCCCC2)cc1Br. The first-order valence-electron chi connectivity index (χ1n) is 6.51. The van der Waals surface area contributed by atoms with E-state index >= 15 is 0 Å². The monoisotopic (exact) mass is 360 g/mol. The third-order valence-electron chi connectivity index (χ3n) is 3.48. The Morgan fingerprint density at radius 3 is 2.45 bits per heavy atom. The fourth-order valence-electron chi connectivity index (χ4n) is 2.42. The van der Waals surface area contributed by atoms with E-state index in [1.165, 1.54) is 12.5 Å². The molecule has 2 rings (SSSR count). The van der Waals surface area contributed by atoms with E-state index < -0.39 is 10.0 Å². The lowest BCUT2D eigenvalue weighted by Crippen LogP contribution is -2.24. The van der Waals surface area contributed by atoms with Crippen molar-refractivity contribution in [3.8, 4) is 0 Å². The highest BCUT2D eigenvalue weighted by Gasteiger charge is 2.21. The predicted octanol–water partition coefficient (Wildman–Crippen LogP) is 2.62. The molecule has 1 aromatic carbocycles. The Morgan fingerprint density at radius 2 is 1.90 bits per heavy atom. The minimum atomic E-state index is -3.76. The number of rotatable bonds is 3. The largest absolute Gasteiger partial charge is 0.326 e. The van der Waals surface area contributed by atoms with Gasteiger partial charge in [0.05, 0.1) is 4.90 Å². The summed E-state index contributed by atoms with van der Waals surface area (Å²) in [6.07, 6.45) is 5.21. The van der Waals surface area contributed by atoms with Crippen molar-refractivity contribution >= 4 is 37.5 Å². The first kappa shape index (κ1) is 15.5. The first-order chi connectivity index (χ1) is 9.38. The van der Waals surface area contributed by atoms with Gasteiger partial charge in [-0.15, -0.1) is 0 Å². The Morgan fingerprint density at radius 1 is 1.25 bits per heavy atom. The molecule has 5 nitrogen and oxygen atoms in total. The molecule has 7 heteroatoms. The molecular weight excluding hydrogens is 344 g/mol. The first-order valence-corrected chi connectivity index (χ1v) is 8.85. The Bertz CT molecular complexity index is 610. The summed E-state index contributed by atoms with van der Waals surface area (Å²) >= 11 is 3.16. The third kappa shape index (κ3) is 3.80. The number of carbonyl (C=O) groups excluding carboxylic acids is 1. The van der Waals surface area contributed by atoms with E-state index in [4.69, 9.17) is 5.14 Å². The molecule has 0 unspecified atom stereocenters. The van der Waals surface area contributed by atoms with Gasteiger partial charge in [-0.25, -0.2) is 13.6 Å². The van der Waals surface area contributed by atoms with Crippen molar-refractivity contribution in [2.75, 3.05) is 5.32 Å². The van der Waals surface area contributed by atoms with E-state index in [2.05, 4.69) is 21.2 Å². The standard InChI is InChI=1S/C13H17BrN2O3S/c14-11-8-10(6-7-12(11)20(15,18)19)16-13(17)9-4-2-1-3-5-9/h6-9H,1-5H2,(H,16,17)(H2,15,18,19). The van der Waals surface area contributed by atoms with Gasteiger partial charge in [0.1, 0.15) is 0 Å². The molecule has 0 spiro atoms. The van der Waals surface area contributed by atoms with Gasteiger partial charge < -0.3 is 5.32 Å². The molecule has 0 heterocycles. The summed E-state index contributed by atoms with van der Waals surface area (Å²) in [4.78, 5) is 12.1. The maximum absolute atomic E-state index is 12.1. The van der Waals surface area contributed by atoms with Gasteiger partial charge in [-0.05, 0) is 47.0 Å². The summed E-state index contributed by atoms with van der Waals surface area (Å²) in [6.45, 7) is 0. The van der Waals surface area contributed by atoms with Gasteiger partial charge in [0, 0.05) is 16.1 Å². The van der Waals surface area contributed by atoms with Crippen molar-refractivity contribution in [1.29, 1.82) is 0 Å². The highest BCUT2D eigenvalue weighted by molar-refractivity contribution is 9.10. The minimum absolute atomic E-state index is 0.0000411. The maximum atomic E-state index is 12.1. The van der Waals surface area contributed by atoms with Crippen LogP contribution in [0.15, 0.2) is 27.6 Å². The molecule has 0 aromatic heterocycles. The number of hydrogen-bond donors (Lipinski definition) is 2. The highest BCUT2D eigenvalue weighted by atomic mass is 79.9. The Labute approximate surface area is 127 Å². The number of halogens is 1. The Balaban J connectivity index is 2.10. The lowest BCUT2D eigenvalue weighted by Gasteiger charge is -2.20. The number of benzene rings is 1. The summed E-state index contributed by atoms with van der Waals surface area (Å²) in [5.41, 5.74) is 0.569. The maximum Gasteiger partial charge on any atom is 0.239 e. The van der Waals surface area contributed by atoms with E-state index in [0.717, 1.165) is 25.7 Å². The summed E-state index contributed by atoms with van der Waals surface area (Å²) in [5, 5.41) is 7.91. The van der Waals surface area contributed by atoms with Gasteiger partial charge in [-0.3, -0.25) is 4.79 Å². The summed E-state index contributed by atoms with van der Waals surface area (Å²) in [6, 6.07) is 4.49. The average molecular weight is 361 g/mol. The summed E-state index contributed by atoms with van der Waals surface area (Å²) < 4.78 is 22.9. The van der Waals surface area contributed by atoms with Gasteiger partial charge in [0.25, 0.3) is 0 Å². The molecule has 1 aromatic rings. The van der Waals surface area contributed by atoms with Crippen LogP contribution in [0, 0.1) is 5.92 Å². The molecule has 0 saturated heterocycles. The number of sulfonamides is 1. The number of carbonyl (C=O) groups is 1. The fraction of sp³-hybridized carbons (Fsp3) is 0.462. The van der Waals surface area contributed by atoms with Crippen LogP contribution >= 0.6 is 15.9 Å². The smallest absolute Gasteiger partial charge is 0.239 e. The van der Waals surface area contributed by atoms with Gasteiger partial charge in [0.2, 0.25) is 15.9 Å². The van der Waals surface area contributed by atoms with Crippen molar-refractivity contribution < 1.29 is 13.2 Å². The number of hydrogen-bond acceptors (Lipinski definition) is 3. The second kappa shape index (κ2) is 6.24. The van der Waals surface area contributed by atoms with Crippen molar-refractivity contribution in [1.82, 2.24) is 0 Å². The lowest BCUT2D eigenvalue weighted by molar-refractivity contribution is -0.120. The van der Waals surface area contributed by atoms with Crippen LogP contribution in [-0.2, 0) is 14.8 Å². The van der Waals surface area contributed by atoms with Crippen LogP contribution in [0.25, 0.3) is 0 Å². The molecular formula is C13H17BrN2O3S. The van der Waals surface area contributed by atoms with E-state index in [-0.39, 0.29) is 16.7 Å². The molecule has 1 amide bonds. The van der Waals surface area contributed by atoms with Crippen molar-refractivity contribution in [2.24, 2.45) is 11.1 Å². The predicted molar refractivity (Wildman–Crippen MR) is 80.7 cm³/mol. The second-order valence-corrected chi connectivity index (χ2v) is 7.40. The van der Waals surface area contributed by atoms with E-state index in [9.17, 15) is 13.2 Å². The number of amides is 1. The average Bonchev–Trinajstić information content (AvgIpc) is 2.38. The molecule has 1 aliphatic carbocycles. The molecule has 0 radical (unpaired) electrons. The molecule has 0 bridgehead atoms. The zero-order chi connectivity index (χ0) is 14.8. The topological polar surface area (TPSA) is 89.3 Å². The van der Waals surface area contributed by atoms with Crippen LogP contribution in [0.5, 0.6) is 0 Å². The summed E-state index contributed by atoms with van der Waals surface area (Å²) in [7, 11) is -3.76. The zero-order valence-corrected chi connectivity index (χ0v) is 13.3. The molecule has 3 N–H and O–H groups in total. The second-order valence-electron chi connectivity index (χ2n) is 5.01. The molecule has 1 fully saturated rings. The number of nitrogens with two attached hydrogens (primary N) is 1. The van der Waals surface area contributed by atoms with Gasteiger partial charge in [-0.1, -0.05) is 19.3 Å². The van der Waals surface area contributed by atoms with Crippen molar-refractivity contribution in [3.05, 3.63) is 22.7 Å². The lowest BCUT2D eigenvalue weighted by atomic mass is 9.88. The molecule has 0 aliphatic heterocycles. The molecule has 0 atom stereocenters.